The number of nitrogens with two attached hydrogens (primary N) is 1. The summed E-state index contributed by atoms with van der Waals surface area (Å²) in [6.07, 6.45) is 5.23. The fraction of sp³-hybridized carbons (Fsp3) is 0.100. The molecule has 0 spiro atoms. The third kappa shape index (κ3) is 2.06. The minimum Gasteiger partial charge on any atom is -0.383 e. The number of halogens is 1. The van der Waals surface area contributed by atoms with Crippen LogP contribution < -0.4 is 5.73 Å². The molecule has 0 saturated heterocycles. The Kier molecular flexibility index (Phi) is 2.81. The second-order valence-corrected chi connectivity index (χ2v) is 4.28. The Morgan fingerprint density at radius 2 is 2.13 bits per heavy atom. The molecule has 0 atom stereocenters. The minimum atomic E-state index is 0.511. The van der Waals surface area contributed by atoms with Gasteiger partial charge in [0.05, 0.1) is 3.57 Å². The van der Waals surface area contributed by atoms with Crippen LogP contribution in [0.2, 0.25) is 0 Å². The normalized spacial score (nSPS) is 10.3. The van der Waals surface area contributed by atoms with Gasteiger partial charge in [-0.3, -0.25) is 4.98 Å². The summed E-state index contributed by atoms with van der Waals surface area (Å²) in [6.45, 7) is 1.97. The first-order valence-electron chi connectivity index (χ1n) is 4.37. The zero-order valence-electron chi connectivity index (χ0n) is 8.11. The van der Waals surface area contributed by atoms with E-state index < -0.39 is 0 Å². The van der Waals surface area contributed by atoms with Crippen LogP contribution in [0.3, 0.4) is 0 Å². The molecule has 2 heterocycles. The summed E-state index contributed by atoms with van der Waals surface area (Å²) in [4.78, 5) is 12.5. The van der Waals surface area contributed by atoms with Crippen molar-refractivity contribution in [3.63, 3.8) is 0 Å². The molecule has 0 unspecified atom stereocenters. The molecule has 15 heavy (non-hydrogen) atoms. The third-order valence-electron chi connectivity index (χ3n) is 2.03. The summed E-state index contributed by atoms with van der Waals surface area (Å²) in [5, 5.41) is 0. The van der Waals surface area contributed by atoms with Crippen LogP contribution in [-0.4, -0.2) is 15.0 Å². The van der Waals surface area contributed by atoms with Crippen molar-refractivity contribution in [1.82, 2.24) is 15.0 Å². The molecule has 5 heteroatoms. The van der Waals surface area contributed by atoms with Gasteiger partial charge in [-0.25, -0.2) is 9.97 Å². The summed E-state index contributed by atoms with van der Waals surface area (Å²) in [7, 11) is 0. The van der Waals surface area contributed by atoms with Crippen molar-refractivity contribution in [3.05, 3.63) is 33.8 Å². The lowest BCUT2D eigenvalue weighted by Gasteiger charge is -2.04. The molecule has 2 aromatic rings. The van der Waals surface area contributed by atoms with Gasteiger partial charge in [0, 0.05) is 24.2 Å². The molecule has 0 aliphatic heterocycles. The van der Waals surface area contributed by atoms with E-state index in [0.29, 0.717) is 11.6 Å². The van der Waals surface area contributed by atoms with Crippen molar-refractivity contribution in [3.8, 4) is 11.4 Å². The third-order valence-corrected chi connectivity index (χ3v) is 2.86. The number of hydrogen-bond acceptors (Lipinski definition) is 4. The zero-order chi connectivity index (χ0) is 10.8. The van der Waals surface area contributed by atoms with E-state index in [1.807, 2.05) is 13.0 Å². The molecular weight excluding hydrogens is 303 g/mol. The largest absolute Gasteiger partial charge is 0.383 e. The molecule has 0 aliphatic rings. The molecule has 0 aromatic carbocycles. The number of rotatable bonds is 1. The molecule has 76 valence electrons. The standard InChI is InChI=1S/C10H9IN4/c1-6-4-13-3-2-7(6)10-14-5-8(11)9(12)15-10/h2-5H,1H3,(H2,12,14,15). The highest BCUT2D eigenvalue weighted by Crippen LogP contribution is 2.20. The Hall–Kier alpha value is -1.24. The van der Waals surface area contributed by atoms with E-state index in [2.05, 4.69) is 37.5 Å². The highest BCUT2D eigenvalue weighted by atomic mass is 127. The quantitative estimate of drug-likeness (QED) is 0.818. The maximum Gasteiger partial charge on any atom is 0.161 e. The number of aromatic nitrogens is 3. The van der Waals surface area contributed by atoms with Crippen LogP contribution in [0.4, 0.5) is 5.82 Å². The molecule has 0 aliphatic carbocycles. The first-order valence-corrected chi connectivity index (χ1v) is 5.45. The van der Waals surface area contributed by atoms with Gasteiger partial charge in [0.25, 0.3) is 0 Å². The summed E-state index contributed by atoms with van der Waals surface area (Å²) < 4.78 is 0.864. The van der Waals surface area contributed by atoms with Crippen molar-refractivity contribution < 1.29 is 0 Å². The molecule has 2 N–H and O–H groups in total. The van der Waals surface area contributed by atoms with Crippen molar-refractivity contribution >= 4 is 28.4 Å². The Bertz CT molecular complexity index is 499. The highest BCUT2D eigenvalue weighted by molar-refractivity contribution is 14.1. The van der Waals surface area contributed by atoms with Crippen LogP contribution in [0.5, 0.6) is 0 Å². The number of nitrogens with zero attached hydrogens (tertiary/aromatic N) is 3. The minimum absolute atomic E-state index is 0.511. The van der Waals surface area contributed by atoms with Gasteiger partial charge in [-0.05, 0) is 41.1 Å². The summed E-state index contributed by atoms with van der Waals surface area (Å²) in [5.74, 6) is 1.16. The topological polar surface area (TPSA) is 64.7 Å². The number of hydrogen-bond donors (Lipinski definition) is 1. The Morgan fingerprint density at radius 1 is 1.33 bits per heavy atom. The average molecular weight is 312 g/mol. The van der Waals surface area contributed by atoms with Crippen molar-refractivity contribution in [2.45, 2.75) is 6.92 Å². The van der Waals surface area contributed by atoms with Gasteiger partial charge < -0.3 is 5.73 Å². The lowest BCUT2D eigenvalue weighted by Crippen LogP contribution is -1.99. The van der Waals surface area contributed by atoms with E-state index in [-0.39, 0.29) is 0 Å². The van der Waals surface area contributed by atoms with Gasteiger partial charge >= 0.3 is 0 Å². The Morgan fingerprint density at radius 3 is 2.80 bits per heavy atom. The van der Waals surface area contributed by atoms with Crippen LogP contribution in [0.1, 0.15) is 5.56 Å². The van der Waals surface area contributed by atoms with Crippen molar-refractivity contribution in [2.75, 3.05) is 5.73 Å². The molecule has 0 fully saturated rings. The number of anilines is 1. The predicted octanol–water partition coefficient (Wildman–Crippen LogP) is 2.03. The SMILES string of the molecule is Cc1cnccc1-c1ncc(I)c(N)n1. The second-order valence-electron chi connectivity index (χ2n) is 3.12. The lowest BCUT2D eigenvalue weighted by atomic mass is 10.1. The average Bonchev–Trinajstić information content (AvgIpc) is 2.23. The number of nitrogen functional groups attached to an aromatic ring is 1. The van der Waals surface area contributed by atoms with Gasteiger partial charge in [0.1, 0.15) is 5.82 Å². The summed E-state index contributed by atoms with van der Waals surface area (Å²) in [5.41, 5.74) is 7.74. The van der Waals surface area contributed by atoms with Gasteiger partial charge in [-0.1, -0.05) is 0 Å². The lowest BCUT2D eigenvalue weighted by molar-refractivity contribution is 1.15. The zero-order valence-corrected chi connectivity index (χ0v) is 10.3. The number of pyridine rings is 1. The monoisotopic (exact) mass is 312 g/mol. The predicted molar refractivity (Wildman–Crippen MR) is 67.1 cm³/mol. The molecule has 4 nitrogen and oxygen atoms in total. The van der Waals surface area contributed by atoms with Gasteiger partial charge in [-0.2, -0.15) is 0 Å². The van der Waals surface area contributed by atoms with Gasteiger partial charge in [0.2, 0.25) is 0 Å². The molecule has 0 radical (unpaired) electrons. The van der Waals surface area contributed by atoms with Crippen LogP contribution in [-0.2, 0) is 0 Å². The molecule has 2 rings (SSSR count). The van der Waals surface area contributed by atoms with E-state index in [0.717, 1.165) is 14.7 Å². The van der Waals surface area contributed by atoms with E-state index >= 15 is 0 Å². The van der Waals surface area contributed by atoms with Gasteiger partial charge in [0.15, 0.2) is 5.82 Å². The molecule has 0 bridgehead atoms. The molecular formula is C10H9IN4. The Balaban J connectivity index is 2.55. The molecule has 0 saturated carbocycles. The highest BCUT2D eigenvalue weighted by Gasteiger charge is 2.06. The maximum absolute atomic E-state index is 5.73. The molecule has 0 amide bonds. The fourth-order valence-electron chi connectivity index (χ4n) is 1.23. The fourth-order valence-corrected chi connectivity index (χ4v) is 1.49. The van der Waals surface area contributed by atoms with Crippen molar-refractivity contribution in [1.29, 1.82) is 0 Å². The maximum atomic E-state index is 5.73. The molecule has 2 aromatic heterocycles. The van der Waals surface area contributed by atoms with Crippen LogP contribution in [0.15, 0.2) is 24.7 Å². The second kappa shape index (κ2) is 4.09. The number of aryl methyl sites for hydroxylation is 1. The smallest absolute Gasteiger partial charge is 0.161 e. The first-order chi connectivity index (χ1) is 7.18. The summed E-state index contributed by atoms with van der Waals surface area (Å²) >= 11 is 2.11. The van der Waals surface area contributed by atoms with Crippen molar-refractivity contribution in [2.24, 2.45) is 0 Å². The van der Waals surface area contributed by atoms with Gasteiger partial charge in [-0.15, -0.1) is 0 Å². The van der Waals surface area contributed by atoms with E-state index in [1.165, 1.54) is 0 Å². The van der Waals surface area contributed by atoms with Crippen LogP contribution in [0.25, 0.3) is 11.4 Å². The van der Waals surface area contributed by atoms with Crippen LogP contribution in [0, 0.1) is 10.5 Å². The van der Waals surface area contributed by atoms with E-state index in [1.54, 1.807) is 18.6 Å². The summed E-state index contributed by atoms with van der Waals surface area (Å²) in [6, 6.07) is 1.89. The first kappa shape index (κ1) is 10.3. The van der Waals surface area contributed by atoms with E-state index in [4.69, 9.17) is 5.73 Å². The van der Waals surface area contributed by atoms with E-state index in [9.17, 15) is 0 Å². The van der Waals surface area contributed by atoms with Crippen LogP contribution >= 0.6 is 22.6 Å². The Labute approximate surface area is 101 Å².